The first-order valence-electron chi connectivity index (χ1n) is 11.5. The maximum atomic E-state index is 12.5. The number of hydrogen-bond acceptors (Lipinski definition) is 7. The van der Waals surface area contributed by atoms with E-state index in [1.165, 1.54) is 24.3 Å². The summed E-state index contributed by atoms with van der Waals surface area (Å²) >= 11 is 0. The van der Waals surface area contributed by atoms with Crippen LogP contribution in [0, 0.1) is 5.92 Å². The average molecular weight is 519 g/mol. The molecule has 0 fully saturated rings. The minimum Gasteiger partial charge on any atom is -0.457 e. The minimum atomic E-state index is -3.94. The normalized spacial score (nSPS) is 12.3. The van der Waals surface area contributed by atoms with E-state index in [4.69, 9.17) is 4.74 Å². The lowest BCUT2D eigenvalue weighted by Gasteiger charge is -2.21. The molecule has 10 nitrogen and oxygen atoms in total. The molecule has 2 aromatic rings. The van der Waals surface area contributed by atoms with Crippen LogP contribution in [-0.4, -0.2) is 70.7 Å². The Morgan fingerprint density at radius 2 is 1.53 bits per heavy atom. The van der Waals surface area contributed by atoms with Gasteiger partial charge in [0.15, 0.2) is 5.78 Å². The van der Waals surface area contributed by atoms with Crippen molar-refractivity contribution in [2.45, 2.75) is 31.2 Å². The fraction of sp³-hybridized carbons (Fsp3) is 0.400. The van der Waals surface area contributed by atoms with E-state index in [-0.39, 0.29) is 29.8 Å². The van der Waals surface area contributed by atoms with Gasteiger partial charge in [0.2, 0.25) is 21.8 Å². The Balaban J connectivity index is 1.86. The van der Waals surface area contributed by atoms with E-state index in [9.17, 15) is 22.8 Å². The van der Waals surface area contributed by atoms with Crippen molar-refractivity contribution < 1.29 is 27.5 Å². The van der Waals surface area contributed by atoms with Gasteiger partial charge in [0.25, 0.3) is 0 Å². The fourth-order valence-electron chi connectivity index (χ4n) is 3.17. The van der Waals surface area contributed by atoms with Crippen LogP contribution in [0.25, 0.3) is 0 Å². The molecule has 36 heavy (non-hydrogen) atoms. The number of Topliss-reactive ketones (excluding diaryl/α,β-unsaturated/α-hetero) is 1. The standard InChI is InChI=1S/C25H34N4O6S/c1-18(2)14-23(28-24(31)17-29(3)4)25(32)26-15-19(30)16-27-36(33,34)22-12-10-21(11-13-22)35-20-8-6-5-7-9-20/h5-13,18,23,27H,14-17H2,1-4H3,(H,26,32)(H,28,31)/t23-/m0/s1. The molecular weight excluding hydrogens is 484 g/mol. The highest BCUT2D eigenvalue weighted by Crippen LogP contribution is 2.22. The molecule has 0 saturated carbocycles. The lowest BCUT2D eigenvalue weighted by atomic mass is 10.0. The molecule has 3 N–H and O–H groups in total. The van der Waals surface area contributed by atoms with Crippen molar-refractivity contribution in [1.29, 1.82) is 0 Å². The minimum absolute atomic E-state index is 0.0275. The summed E-state index contributed by atoms with van der Waals surface area (Å²) in [5.41, 5.74) is 0. The van der Waals surface area contributed by atoms with Crippen molar-refractivity contribution in [2.24, 2.45) is 5.92 Å². The van der Waals surface area contributed by atoms with Gasteiger partial charge in [-0.2, -0.15) is 0 Å². The van der Waals surface area contributed by atoms with Gasteiger partial charge < -0.3 is 20.3 Å². The summed E-state index contributed by atoms with van der Waals surface area (Å²) in [4.78, 5) is 38.5. The first-order chi connectivity index (χ1) is 17.0. The van der Waals surface area contributed by atoms with Crippen molar-refractivity contribution in [3.05, 3.63) is 54.6 Å². The third-order valence-electron chi connectivity index (χ3n) is 4.85. The molecule has 0 aliphatic rings. The lowest BCUT2D eigenvalue weighted by molar-refractivity contribution is -0.130. The molecule has 0 radical (unpaired) electrons. The number of nitrogens with zero attached hydrogens (tertiary/aromatic N) is 1. The highest BCUT2D eigenvalue weighted by atomic mass is 32.2. The summed E-state index contributed by atoms with van der Waals surface area (Å²) in [6.07, 6.45) is 0.399. The molecule has 196 valence electrons. The van der Waals surface area contributed by atoms with Crippen LogP contribution in [-0.2, 0) is 24.4 Å². The highest BCUT2D eigenvalue weighted by Gasteiger charge is 2.23. The van der Waals surface area contributed by atoms with Gasteiger partial charge in [-0.1, -0.05) is 32.0 Å². The van der Waals surface area contributed by atoms with Gasteiger partial charge in [0, 0.05) is 0 Å². The third kappa shape index (κ3) is 10.1. The van der Waals surface area contributed by atoms with Gasteiger partial charge in [-0.15, -0.1) is 0 Å². The lowest BCUT2D eigenvalue weighted by Crippen LogP contribution is -2.50. The summed E-state index contributed by atoms with van der Waals surface area (Å²) < 4.78 is 33.0. The summed E-state index contributed by atoms with van der Waals surface area (Å²) in [5, 5.41) is 5.16. The number of ketones is 1. The second-order valence-corrected chi connectivity index (χ2v) is 10.7. The number of benzene rings is 2. The van der Waals surface area contributed by atoms with Crippen LogP contribution in [0.1, 0.15) is 20.3 Å². The van der Waals surface area contributed by atoms with E-state index in [0.717, 1.165) is 0 Å². The van der Waals surface area contributed by atoms with E-state index in [0.29, 0.717) is 17.9 Å². The van der Waals surface area contributed by atoms with Crippen LogP contribution in [0.2, 0.25) is 0 Å². The molecule has 2 aromatic carbocycles. The van der Waals surface area contributed by atoms with Crippen LogP contribution in [0.15, 0.2) is 59.5 Å². The molecular formula is C25H34N4O6S. The number of hydrogen-bond donors (Lipinski definition) is 3. The molecule has 0 bridgehead atoms. The number of rotatable bonds is 14. The number of ether oxygens (including phenoxy) is 1. The van der Waals surface area contributed by atoms with Gasteiger partial charge in [-0.3, -0.25) is 14.4 Å². The molecule has 2 amide bonds. The quantitative estimate of drug-likeness (QED) is 0.345. The fourth-order valence-corrected chi connectivity index (χ4v) is 4.18. The molecule has 0 spiro atoms. The smallest absolute Gasteiger partial charge is 0.242 e. The summed E-state index contributed by atoms with van der Waals surface area (Å²) in [6.45, 7) is 3.09. The Labute approximate surface area is 212 Å². The number of amides is 2. The molecule has 0 aliphatic heterocycles. The maximum absolute atomic E-state index is 12.5. The molecule has 0 aromatic heterocycles. The van der Waals surface area contributed by atoms with Crippen molar-refractivity contribution in [1.82, 2.24) is 20.3 Å². The van der Waals surface area contributed by atoms with E-state index in [1.54, 1.807) is 31.1 Å². The van der Waals surface area contributed by atoms with E-state index in [2.05, 4.69) is 15.4 Å². The Kier molecular flexibility index (Phi) is 11.0. The van der Waals surface area contributed by atoms with Crippen LogP contribution in [0.5, 0.6) is 11.5 Å². The van der Waals surface area contributed by atoms with Gasteiger partial charge in [-0.05, 0) is 62.8 Å². The second-order valence-electron chi connectivity index (χ2n) is 8.95. The van der Waals surface area contributed by atoms with E-state index >= 15 is 0 Å². The largest absolute Gasteiger partial charge is 0.457 e. The van der Waals surface area contributed by atoms with Gasteiger partial charge in [-0.25, -0.2) is 13.1 Å². The van der Waals surface area contributed by atoms with Crippen LogP contribution in [0.3, 0.4) is 0 Å². The number of carbonyl (C=O) groups is 3. The van der Waals surface area contributed by atoms with Crippen LogP contribution < -0.4 is 20.1 Å². The summed E-state index contributed by atoms with van der Waals surface area (Å²) in [5.74, 6) is -0.119. The summed E-state index contributed by atoms with van der Waals surface area (Å²) in [7, 11) is -0.464. The number of para-hydroxylation sites is 1. The zero-order valence-electron chi connectivity index (χ0n) is 21.0. The highest BCUT2D eigenvalue weighted by molar-refractivity contribution is 7.89. The molecule has 0 aliphatic carbocycles. The predicted molar refractivity (Wildman–Crippen MR) is 136 cm³/mol. The molecule has 1 atom stereocenters. The number of carbonyl (C=O) groups excluding carboxylic acids is 3. The molecule has 0 unspecified atom stereocenters. The SMILES string of the molecule is CC(C)C[C@H](NC(=O)CN(C)C)C(=O)NCC(=O)CNS(=O)(=O)c1ccc(Oc2ccccc2)cc1. The van der Waals surface area contributed by atoms with Gasteiger partial charge >= 0.3 is 0 Å². The zero-order valence-corrected chi connectivity index (χ0v) is 21.8. The Morgan fingerprint density at radius 3 is 2.11 bits per heavy atom. The third-order valence-corrected chi connectivity index (χ3v) is 6.27. The first kappa shape index (κ1) is 29.0. The van der Waals surface area contributed by atoms with Crippen molar-refractivity contribution in [3.63, 3.8) is 0 Å². The van der Waals surface area contributed by atoms with Crippen molar-refractivity contribution in [3.8, 4) is 11.5 Å². The van der Waals surface area contributed by atoms with Crippen LogP contribution >= 0.6 is 0 Å². The number of sulfonamides is 1. The first-order valence-corrected chi connectivity index (χ1v) is 13.0. The second kappa shape index (κ2) is 13.7. The molecule has 11 heteroatoms. The maximum Gasteiger partial charge on any atom is 0.242 e. The van der Waals surface area contributed by atoms with Gasteiger partial charge in [0.1, 0.15) is 17.5 Å². The number of nitrogens with one attached hydrogen (secondary N) is 3. The number of likely N-dealkylation sites (N-methyl/N-ethyl adjacent to an activating group) is 1. The average Bonchev–Trinajstić information content (AvgIpc) is 2.81. The van der Waals surface area contributed by atoms with E-state index in [1.807, 2.05) is 32.0 Å². The Bertz CT molecular complexity index is 1120. The molecule has 2 rings (SSSR count). The van der Waals surface area contributed by atoms with Crippen molar-refractivity contribution in [2.75, 3.05) is 33.7 Å². The summed E-state index contributed by atoms with van der Waals surface area (Å²) in [6, 6.07) is 14.0. The van der Waals surface area contributed by atoms with Crippen molar-refractivity contribution >= 4 is 27.6 Å². The molecule has 0 saturated heterocycles. The predicted octanol–water partition coefficient (Wildman–Crippen LogP) is 1.54. The molecule has 0 heterocycles. The zero-order chi connectivity index (χ0) is 26.7. The van der Waals surface area contributed by atoms with Crippen LogP contribution in [0.4, 0.5) is 0 Å². The van der Waals surface area contributed by atoms with E-state index < -0.39 is 34.3 Å². The van der Waals surface area contributed by atoms with Gasteiger partial charge in [0.05, 0.1) is 24.5 Å². The monoisotopic (exact) mass is 518 g/mol. The Hall–Kier alpha value is -3.28. The topological polar surface area (TPSA) is 134 Å². The Morgan fingerprint density at radius 1 is 0.917 bits per heavy atom.